The van der Waals surface area contributed by atoms with Gasteiger partial charge in [0.1, 0.15) is 18.1 Å². The number of fused-ring (bicyclic) bond motifs is 1. The lowest BCUT2D eigenvalue weighted by Gasteiger charge is -2.33. The second-order valence-electron chi connectivity index (χ2n) is 11.5. The number of nitrogens with zero attached hydrogens (tertiary/aromatic N) is 3. The first-order valence-corrected chi connectivity index (χ1v) is 16.7. The molecular formula is C32H37F3N6O6S. The Hall–Kier alpha value is -4.43. The number of benzene rings is 2. The average Bonchev–Trinajstić information content (AvgIpc) is 3.61. The fourth-order valence-electron chi connectivity index (χ4n) is 5.57. The summed E-state index contributed by atoms with van der Waals surface area (Å²) in [6.07, 6.45) is -3.74. The summed E-state index contributed by atoms with van der Waals surface area (Å²) in [4.78, 5) is 2.00. The molecule has 0 spiro atoms. The second kappa shape index (κ2) is 14.8. The van der Waals surface area contributed by atoms with Crippen LogP contribution in [0.25, 0.3) is 10.9 Å². The zero-order valence-corrected chi connectivity index (χ0v) is 27.2. The van der Waals surface area contributed by atoms with Crippen LogP contribution in [0.5, 0.6) is 5.75 Å². The van der Waals surface area contributed by atoms with E-state index in [0.29, 0.717) is 47.7 Å². The van der Waals surface area contributed by atoms with Gasteiger partial charge in [0.25, 0.3) is 10.0 Å². The number of β-amino-alcohol motifs (C(OH)–C–C–N with tert-alkyl or cyclic N) is 1. The van der Waals surface area contributed by atoms with Crippen molar-refractivity contribution in [1.29, 1.82) is 0 Å². The molecule has 258 valence electrons. The highest BCUT2D eigenvalue weighted by molar-refractivity contribution is 7.92. The Balaban J connectivity index is 1.31. The molecule has 1 unspecified atom stereocenters. The molecular weight excluding hydrogens is 653 g/mol. The normalized spacial score (nSPS) is 15.1. The molecule has 1 aliphatic heterocycles. The molecule has 1 saturated heterocycles. The van der Waals surface area contributed by atoms with E-state index in [1.165, 1.54) is 31.4 Å². The molecule has 3 heterocycles. The smallest absolute Gasteiger partial charge is 0.406 e. The van der Waals surface area contributed by atoms with E-state index >= 15 is 0 Å². The van der Waals surface area contributed by atoms with Crippen LogP contribution in [-0.4, -0.2) is 91.5 Å². The van der Waals surface area contributed by atoms with Crippen molar-refractivity contribution in [3.8, 4) is 17.6 Å². The summed E-state index contributed by atoms with van der Waals surface area (Å²) >= 11 is 0. The Labute approximate surface area is 275 Å². The van der Waals surface area contributed by atoms with E-state index in [-0.39, 0.29) is 41.4 Å². The van der Waals surface area contributed by atoms with Crippen LogP contribution in [-0.2, 0) is 16.6 Å². The molecule has 5 N–H and O–H groups in total. The number of halogens is 3. The third kappa shape index (κ3) is 8.72. The summed E-state index contributed by atoms with van der Waals surface area (Å²) in [5.74, 6) is 6.43. The second-order valence-corrected chi connectivity index (χ2v) is 13.2. The Morgan fingerprint density at radius 3 is 2.58 bits per heavy atom. The predicted octanol–water partition coefficient (Wildman–Crippen LogP) is 4.00. The standard InChI is InChI=1S/C32H37F3N6O6S/c1-21-15-31(38-47-21)39-48(44,45)25-8-9-28(30(17-25)46-2)36-12-4-5-23-16-26-27(6-3-7-29(26)41(23)20-32(33,34)35)37-22-10-13-40(14-11-22)18-24(43)19-42/h3,6-9,15-17,22,24,36-37,42-43H,10-14,18-20H2,1-2H3,(H,38,39). The summed E-state index contributed by atoms with van der Waals surface area (Å²) in [5, 5.41) is 29.6. The lowest BCUT2D eigenvalue weighted by atomic mass is 10.0. The Morgan fingerprint density at radius 1 is 1.15 bits per heavy atom. The van der Waals surface area contributed by atoms with Gasteiger partial charge in [-0.2, -0.15) is 13.2 Å². The molecule has 0 amide bonds. The Morgan fingerprint density at radius 2 is 1.92 bits per heavy atom. The number of alkyl halides is 3. The quantitative estimate of drug-likeness (QED) is 0.138. The molecule has 1 aliphatic rings. The van der Waals surface area contributed by atoms with Crippen LogP contribution >= 0.6 is 0 Å². The maximum atomic E-state index is 13.7. The molecule has 2 aromatic carbocycles. The summed E-state index contributed by atoms with van der Waals surface area (Å²) in [7, 11) is -2.61. The number of hydrogen-bond donors (Lipinski definition) is 5. The predicted molar refractivity (Wildman–Crippen MR) is 175 cm³/mol. The average molecular weight is 691 g/mol. The van der Waals surface area contributed by atoms with Crippen molar-refractivity contribution in [2.75, 3.05) is 55.3 Å². The largest absolute Gasteiger partial charge is 0.495 e. The number of rotatable bonds is 12. The van der Waals surface area contributed by atoms with E-state index in [1.54, 1.807) is 25.1 Å². The number of aryl methyl sites for hydroxylation is 1. The summed E-state index contributed by atoms with van der Waals surface area (Å²) in [6, 6.07) is 12.5. The zero-order chi connectivity index (χ0) is 34.5. The van der Waals surface area contributed by atoms with Crippen LogP contribution in [0.3, 0.4) is 0 Å². The van der Waals surface area contributed by atoms with E-state index in [2.05, 4.69) is 37.3 Å². The van der Waals surface area contributed by atoms with Crippen molar-refractivity contribution in [3.05, 3.63) is 60.0 Å². The molecule has 0 bridgehead atoms. The van der Waals surface area contributed by atoms with Crippen LogP contribution in [0, 0.1) is 18.8 Å². The maximum absolute atomic E-state index is 13.7. The molecule has 48 heavy (non-hydrogen) atoms. The zero-order valence-electron chi connectivity index (χ0n) is 26.3. The molecule has 0 saturated carbocycles. The number of likely N-dealkylation sites (tertiary alicyclic amines) is 1. The van der Waals surface area contributed by atoms with Gasteiger partial charge in [0.15, 0.2) is 5.82 Å². The highest BCUT2D eigenvalue weighted by Gasteiger charge is 2.30. The number of anilines is 3. The van der Waals surface area contributed by atoms with Crippen molar-refractivity contribution < 1.29 is 41.1 Å². The highest BCUT2D eigenvalue weighted by Crippen LogP contribution is 2.32. The first-order chi connectivity index (χ1) is 22.8. The van der Waals surface area contributed by atoms with Crippen LogP contribution in [0.1, 0.15) is 24.3 Å². The molecule has 2 aromatic heterocycles. The van der Waals surface area contributed by atoms with Gasteiger partial charge in [-0.3, -0.25) is 4.72 Å². The molecule has 0 aliphatic carbocycles. The van der Waals surface area contributed by atoms with Gasteiger partial charge in [0.05, 0.1) is 48.2 Å². The molecule has 1 atom stereocenters. The van der Waals surface area contributed by atoms with Gasteiger partial charge < -0.3 is 39.6 Å². The van der Waals surface area contributed by atoms with Gasteiger partial charge in [-0.15, -0.1) is 0 Å². The number of aromatic nitrogens is 2. The molecule has 1 fully saturated rings. The number of ether oxygens (including phenoxy) is 1. The minimum atomic E-state index is -4.48. The topological polar surface area (TPSA) is 154 Å². The highest BCUT2D eigenvalue weighted by atomic mass is 32.2. The monoisotopic (exact) mass is 690 g/mol. The van der Waals surface area contributed by atoms with E-state index in [1.807, 2.05) is 6.07 Å². The van der Waals surface area contributed by atoms with Crippen LogP contribution < -0.4 is 20.1 Å². The van der Waals surface area contributed by atoms with Gasteiger partial charge in [-0.25, -0.2) is 8.42 Å². The minimum absolute atomic E-state index is 0.0289. The molecule has 5 rings (SSSR count). The maximum Gasteiger partial charge on any atom is 0.406 e. The number of aliphatic hydroxyl groups excluding tert-OH is 2. The van der Waals surface area contributed by atoms with Crippen LogP contribution in [0.15, 0.2) is 57.9 Å². The third-order valence-corrected chi connectivity index (χ3v) is 9.20. The fourth-order valence-corrected chi connectivity index (χ4v) is 6.57. The number of methoxy groups -OCH3 is 1. The summed E-state index contributed by atoms with van der Waals surface area (Å²) in [5.41, 5.74) is 1.72. The van der Waals surface area contributed by atoms with Gasteiger partial charge in [-0.1, -0.05) is 17.1 Å². The van der Waals surface area contributed by atoms with Crippen LogP contribution in [0.2, 0.25) is 0 Å². The third-order valence-electron chi connectivity index (χ3n) is 7.84. The van der Waals surface area contributed by atoms with E-state index in [0.717, 1.165) is 17.4 Å². The first-order valence-electron chi connectivity index (χ1n) is 15.2. The number of sulfonamides is 1. The minimum Gasteiger partial charge on any atom is -0.495 e. The van der Waals surface area contributed by atoms with Gasteiger partial charge in [-0.05, 0) is 56.0 Å². The van der Waals surface area contributed by atoms with Crippen molar-refractivity contribution in [2.45, 2.75) is 49.5 Å². The summed E-state index contributed by atoms with van der Waals surface area (Å²) < 4.78 is 80.4. The van der Waals surface area contributed by atoms with Crippen molar-refractivity contribution in [2.24, 2.45) is 0 Å². The van der Waals surface area contributed by atoms with Crippen molar-refractivity contribution in [1.82, 2.24) is 14.6 Å². The Kier molecular flexibility index (Phi) is 10.7. The lowest BCUT2D eigenvalue weighted by molar-refractivity contribution is -0.140. The number of hydrogen-bond acceptors (Lipinski definition) is 10. The van der Waals surface area contributed by atoms with Crippen molar-refractivity contribution >= 4 is 38.1 Å². The Bertz CT molecular complexity index is 1890. The lowest BCUT2D eigenvalue weighted by Crippen LogP contribution is -2.43. The molecule has 16 heteroatoms. The van der Waals surface area contributed by atoms with E-state index in [4.69, 9.17) is 14.4 Å². The van der Waals surface area contributed by atoms with Crippen LogP contribution in [0.4, 0.5) is 30.4 Å². The van der Waals surface area contributed by atoms with Crippen molar-refractivity contribution in [3.63, 3.8) is 0 Å². The summed E-state index contributed by atoms with van der Waals surface area (Å²) in [6.45, 7) is 1.96. The van der Waals surface area contributed by atoms with Gasteiger partial charge in [0.2, 0.25) is 0 Å². The number of piperidine rings is 1. The SMILES string of the molecule is COc1cc(S(=O)(=O)Nc2cc(C)on2)ccc1NCC#Cc1cc2c(NC3CCN(CC(O)CO)CC3)cccc2n1CC(F)(F)F. The molecule has 0 radical (unpaired) electrons. The molecule has 4 aromatic rings. The fraction of sp³-hybridized carbons (Fsp3) is 0.406. The van der Waals surface area contributed by atoms with Gasteiger partial charge in [0, 0.05) is 48.9 Å². The van der Waals surface area contributed by atoms with E-state index in [9.17, 15) is 26.7 Å². The number of aliphatic hydroxyl groups is 2. The first kappa shape index (κ1) is 34.9. The van der Waals surface area contributed by atoms with Gasteiger partial charge >= 0.3 is 6.18 Å². The molecule has 12 nitrogen and oxygen atoms in total. The number of nitrogens with one attached hydrogen (secondary N) is 3. The van der Waals surface area contributed by atoms with E-state index < -0.39 is 28.8 Å².